The summed E-state index contributed by atoms with van der Waals surface area (Å²) >= 11 is 5.96. The van der Waals surface area contributed by atoms with Crippen LogP contribution < -0.4 is 0 Å². The van der Waals surface area contributed by atoms with Crippen molar-refractivity contribution >= 4 is 47.5 Å². The molecule has 3 nitrogen and oxygen atoms in total. The first-order chi connectivity index (χ1) is 9.43. The molecular formula is C14H10Br2O3S. The first-order valence-corrected chi connectivity index (χ1v) is 9.02. The number of halogens is 2. The summed E-state index contributed by atoms with van der Waals surface area (Å²) in [6.45, 7) is 0. The summed E-state index contributed by atoms with van der Waals surface area (Å²) < 4.78 is 23.0. The minimum absolute atomic E-state index is 0.135. The normalized spacial score (nSPS) is 11.6. The molecular weight excluding hydrogens is 408 g/mol. The molecule has 0 unspecified atom stereocenters. The summed E-state index contributed by atoms with van der Waals surface area (Å²) in [6.07, 6.45) is 0. The van der Waals surface area contributed by atoms with Crippen molar-refractivity contribution < 1.29 is 13.2 Å². The van der Waals surface area contributed by atoms with Crippen LogP contribution in [0.1, 0.15) is 15.9 Å². The van der Waals surface area contributed by atoms with Crippen LogP contribution in [0, 0.1) is 0 Å². The van der Waals surface area contributed by atoms with E-state index in [0.29, 0.717) is 11.1 Å². The third-order valence-corrected chi connectivity index (χ3v) is 7.07. The van der Waals surface area contributed by atoms with E-state index in [4.69, 9.17) is 0 Å². The Morgan fingerprint density at radius 3 is 1.85 bits per heavy atom. The molecule has 2 aromatic rings. The first kappa shape index (κ1) is 15.4. The van der Waals surface area contributed by atoms with Crippen molar-refractivity contribution in [3.63, 3.8) is 0 Å². The zero-order chi connectivity index (χ0) is 14.8. The second-order valence-corrected chi connectivity index (χ2v) is 10.3. The average Bonchev–Trinajstić information content (AvgIpc) is 2.47. The number of hydrogen-bond acceptors (Lipinski definition) is 3. The van der Waals surface area contributed by atoms with E-state index < -0.39 is 12.9 Å². The molecule has 0 radical (unpaired) electrons. The van der Waals surface area contributed by atoms with Crippen LogP contribution in [0.2, 0.25) is 0 Å². The van der Waals surface area contributed by atoms with E-state index in [1.54, 1.807) is 24.3 Å². The lowest BCUT2D eigenvalue weighted by Crippen LogP contribution is -2.09. The number of benzene rings is 2. The quantitative estimate of drug-likeness (QED) is 0.562. The van der Waals surface area contributed by atoms with Gasteiger partial charge in [-0.3, -0.25) is 4.79 Å². The Morgan fingerprint density at radius 2 is 1.35 bits per heavy atom. The molecule has 0 saturated heterocycles. The fourth-order valence-corrected chi connectivity index (χ4v) is 3.67. The Bertz CT molecular complexity index is 708. The minimum atomic E-state index is -3.46. The van der Waals surface area contributed by atoms with Crippen molar-refractivity contribution in [1.29, 1.82) is 0 Å². The van der Waals surface area contributed by atoms with E-state index in [1.165, 1.54) is 24.3 Å². The van der Waals surface area contributed by atoms with Crippen LogP contribution >= 0.6 is 31.9 Å². The van der Waals surface area contributed by atoms with Crippen molar-refractivity contribution in [2.45, 2.75) is 7.96 Å². The smallest absolute Gasteiger partial charge is 0.201 e. The molecule has 2 rings (SSSR count). The highest BCUT2D eigenvalue weighted by Gasteiger charge is 2.22. The van der Waals surface area contributed by atoms with E-state index in [9.17, 15) is 13.2 Å². The van der Waals surface area contributed by atoms with Crippen LogP contribution in [0.3, 0.4) is 0 Å². The van der Waals surface area contributed by atoms with Crippen LogP contribution in [-0.2, 0) is 9.84 Å². The summed E-state index contributed by atoms with van der Waals surface area (Å²) in [7, 11) is -3.46. The number of carbonyl (C=O) groups excluding carboxylic acids is 1. The fourth-order valence-electron chi connectivity index (χ4n) is 1.66. The number of sulfone groups is 1. The summed E-state index contributed by atoms with van der Waals surface area (Å²) in [5.74, 6) is -0.135. The summed E-state index contributed by atoms with van der Waals surface area (Å²) in [5.41, 5.74) is 1.03. The van der Waals surface area contributed by atoms with Gasteiger partial charge in [-0.25, -0.2) is 8.42 Å². The minimum Gasteiger partial charge on any atom is -0.289 e. The van der Waals surface area contributed by atoms with E-state index in [1.807, 2.05) is 6.07 Å². The second kappa shape index (κ2) is 6.20. The molecule has 0 spiro atoms. The number of rotatable bonds is 4. The van der Waals surface area contributed by atoms with Gasteiger partial charge in [0.05, 0.1) is 4.90 Å². The molecule has 0 aliphatic rings. The van der Waals surface area contributed by atoms with Crippen molar-refractivity contribution in [3.05, 3.63) is 65.7 Å². The number of ketones is 1. The Balaban J connectivity index is 2.32. The van der Waals surface area contributed by atoms with Gasteiger partial charge in [0.2, 0.25) is 9.84 Å². The maximum Gasteiger partial charge on any atom is 0.201 e. The molecule has 6 heteroatoms. The molecule has 2 aromatic carbocycles. The van der Waals surface area contributed by atoms with Gasteiger partial charge in [-0.05, 0) is 24.3 Å². The third-order valence-electron chi connectivity index (χ3n) is 2.72. The van der Waals surface area contributed by atoms with E-state index in [-0.39, 0.29) is 10.7 Å². The third kappa shape index (κ3) is 3.19. The van der Waals surface area contributed by atoms with Crippen LogP contribution in [0.25, 0.3) is 0 Å². The predicted molar refractivity (Wildman–Crippen MR) is 85.1 cm³/mol. The van der Waals surface area contributed by atoms with Gasteiger partial charge in [-0.1, -0.05) is 62.2 Å². The van der Waals surface area contributed by atoms with Gasteiger partial charge in [0.1, 0.15) is 0 Å². The van der Waals surface area contributed by atoms with Crippen molar-refractivity contribution in [2.75, 3.05) is 0 Å². The van der Waals surface area contributed by atoms with Crippen LogP contribution in [0.5, 0.6) is 0 Å². The number of carbonyl (C=O) groups is 1. The molecule has 0 fully saturated rings. The zero-order valence-electron chi connectivity index (χ0n) is 10.2. The van der Waals surface area contributed by atoms with Gasteiger partial charge in [0.25, 0.3) is 0 Å². The molecule has 0 heterocycles. The highest BCUT2D eigenvalue weighted by Crippen LogP contribution is 2.25. The molecule has 0 aliphatic carbocycles. The summed E-state index contributed by atoms with van der Waals surface area (Å²) in [6, 6.07) is 14.7. The predicted octanol–water partition coefficient (Wildman–Crippen LogP) is 3.76. The van der Waals surface area contributed by atoms with Crippen LogP contribution in [0.4, 0.5) is 0 Å². The second-order valence-electron chi connectivity index (χ2n) is 4.03. The van der Waals surface area contributed by atoms with Gasteiger partial charge in [0, 0.05) is 11.1 Å². The van der Waals surface area contributed by atoms with Crippen molar-refractivity contribution in [3.8, 4) is 0 Å². The Kier molecular flexibility index (Phi) is 4.78. The summed E-state index contributed by atoms with van der Waals surface area (Å²) in [5, 5.41) is 0. The van der Waals surface area contributed by atoms with Crippen molar-refractivity contribution in [1.82, 2.24) is 0 Å². The SMILES string of the molecule is O=C(c1ccccc1)c1ccc(S(=O)(=O)C(Br)Br)cc1. The van der Waals surface area contributed by atoms with Gasteiger partial charge in [0.15, 0.2) is 8.85 Å². The van der Waals surface area contributed by atoms with Gasteiger partial charge in [-0.2, -0.15) is 0 Å². The Morgan fingerprint density at radius 1 is 0.850 bits per heavy atom. The monoisotopic (exact) mass is 416 g/mol. The van der Waals surface area contributed by atoms with E-state index >= 15 is 0 Å². The van der Waals surface area contributed by atoms with Gasteiger partial charge >= 0.3 is 0 Å². The molecule has 104 valence electrons. The molecule has 0 amide bonds. The highest BCUT2D eigenvalue weighted by molar-refractivity contribution is 9.27. The Labute approximate surface area is 134 Å². The average molecular weight is 418 g/mol. The van der Waals surface area contributed by atoms with Crippen molar-refractivity contribution in [2.24, 2.45) is 0 Å². The standard InChI is InChI=1S/C14H10Br2O3S/c15-14(16)20(18,19)12-8-6-11(7-9-12)13(17)10-4-2-1-3-5-10/h1-9,14H. The van der Waals surface area contributed by atoms with Gasteiger partial charge < -0.3 is 0 Å². The van der Waals surface area contributed by atoms with Crippen LogP contribution in [-0.4, -0.2) is 17.3 Å². The zero-order valence-corrected chi connectivity index (χ0v) is 14.2. The van der Waals surface area contributed by atoms with E-state index in [2.05, 4.69) is 31.9 Å². The van der Waals surface area contributed by atoms with Gasteiger partial charge in [-0.15, -0.1) is 0 Å². The highest BCUT2D eigenvalue weighted by atomic mass is 79.9. The molecule has 0 aromatic heterocycles. The Hall–Kier alpha value is -0.980. The maximum atomic E-state index is 12.2. The first-order valence-electron chi connectivity index (χ1n) is 5.65. The van der Waals surface area contributed by atoms with E-state index in [0.717, 1.165) is 0 Å². The lowest BCUT2D eigenvalue weighted by molar-refractivity contribution is 0.103. The summed E-state index contributed by atoms with van der Waals surface area (Å²) in [4.78, 5) is 12.3. The molecule has 0 N–H and O–H groups in total. The maximum absolute atomic E-state index is 12.2. The molecule has 0 atom stereocenters. The largest absolute Gasteiger partial charge is 0.289 e. The molecule has 0 saturated carbocycles. The molecule has 0 aliphatic heterocycles. The molecule has 0 bridgehead atoms. The topological polar surface area (TPSA) is 51.2 Å². The lowest BCUT2D eigenvalue weighted by Gasteiger charge is -2.06. The number of hydrogen-bond donors (Lipinski definition) is 0. The fraction of sp³-hybridized carbons (Fsp3) is 0.0714. The number of alkyl halides is 2. The van der Waals surface area contributed by atoms with Crippen LogP contribution in [0.15, 0.2) is 59.5 Å². The lowest BCUT2D eigenvalue weighted by atomic mass is 10.0. The molecule has 20 heavy (non-hydrogen) atoms.